The third-order valence-electron chi connectivity index (χ3n) is 3.77. The van der Waals surface area contributed by atoms with E-state index < -0.39 is 0 Å². The van der Waals surface area contributed by atoms with Gasteiger partial charge in [0.2, 0.25) is 0 Å². The molecule has 2 unspecified atom stereocenters. The molecule has 0 bridgehead atoms. The molecule has 0 spiro atoms. The van der Waals surface area contributed by atoms with Gasteiger partial charge < -0.3 is 5.32 Å². The predicted molar refractivity (Wildman–Crippen MR) is 74.7 cm³/mol. The summed E-state index contributed by atoms with van der Waals surface area (Å²) in [7, 11) is 0. The van der Waals surface area contributed by atoms with E-state index in [2.05, 4.69) is 12.2 Å². The summed E-state index contributed by atoms with van der Waals surface area (Å²) in [4.78, 5) is 0. The number of nitrogens with one attached hydrogen (secondary N) is 1. The van der Waals surface area contributed by atoms with Crippen LogP contribution in [0.1, 0.15) is 31.7 Å². The van der Waals surface area contributed by atoms with Crippen molar-refractivity contribution in [3.8, 4) is 0 Å². The van der Waals surface area contributed by atoms with E-state index in [1.807, 2.05) is 18.2 Å². The summed E-state index contributed by atoms with van der Waals surface area (Å²) in [6, 6.07) is 5.63. The van der Waals surface area contributed by atoms with E-state index in [0.717, 1.165) is 40.5 Å². The molecule has 2 rings (SSSR count). The van der Waals surface area contributed by atoms with Gasteiger partial charge in [-0.25, -0.2) is 0 Å². The van der Waals surface area contributed by atoms with Gasteiger partial charge in [-0.3, -0.25) is 0 Å². The Labute approximate surface area is 114 Å². The molecule has 0 radical (unpaired) electrons. The van der Waals surface area contributed by atoms with Gasteiger partial charge in [0, 0.05) is 16.6 Å². The van der Waals surface area contributed by atoms with Crippen molar-refractivity contribution in [2.75, 3.05) is 6.54 Å². The maximum Gasteiger partial charge on any atom is 0.0451 e. The van der Waals surface area contributed by atoms with Crippen LogP contribution in [0.15, 0.2) is 18.2 Å². The zero-order valence-electron chi connectivity index (χ0n) is 10.2. The first-order valence-electron chi connectivity index (χ1n) is 6.31. The van der Waals surface area contributed by atoms with E-state index in [-0.39, 0.29) is 0 Å². The molecule has 94 valence electrons. The van der Waals surface area contributed by atoms with Gasteiger partial charge in [-0.1, -0.05) is 43.0 Å². The van der Waals surface area contributed by atoms with Gasteiger partial charge in [-0.05, 0) is 48.6 Å². The van der Waals surface area contributed by atoms with E-state index >= 15 is 0 Å². The number of halogens is 2. The number of rotatable bonds is 4. The normalized spacial score (nSPS) is 24.2. The monoisotopic (exact) mass is 271 g/mol. The van der Waals surface area contributed by atoms with E-state index in [9.17, 15) is 0 Å². The molecule has 1 aliphatic carbocycles. The number of hydrogen-bond donors (Lipinski definition) is 1. The number of hydrogen-bond acceptors (Lipinski definition) is 1. The summed E-state index contributed by atoms with van der Waals surface area (Å²) in [5.41, 5.74) is 1.09. The minimum Gasteiger partial charge on any atom is -0.312 e. The molecule has 17 heavy (non-hydrogen) atoms. The number of benzene rings is 1. The molecule has 0 saturated heterocycles. The molecule has 1 aromatic carbocycles. The lowest BCUT2D eigenvalue weighted by atomic mass is 9.98. The van der Waals surface area contributed by atoms with Crippen LogP contribution in [-0.4, -0.2) is 6.54 Å². The molecular formula is C14H19Cl2N. The summed E-state index contributed by atoms with van der Waals surface area (Å²) >= 11 is 12.1. The predicted octanol–water partition coefficient (Wildman–Crippen LogP) is 4.52. The van der Waals surface area contributed by atoms with Crippen molar-refractivity contribution in [2.24, 2.45) is 11.8 Å². The van der Waals surface area contributed by atoms with Crippen LogP contribution in [0, 0.1) is 11.8 Å². The Kier molecular flexibility index (Phi) is 4.72. The Morgan fingerprint density at radius 1 is 1.29 bits per heavy atom. The van der Waals surface area contributed by atoms with Gasteiger partial charge in [0.25, 0.3) is 0 Å². The second-order valence-electron chi connectivity index (χ2n) is 5.03. The van der Waals surface area contributed by atoms with Crippen molar-refractivity contribution < 1.29 is 0 Å². The average Bonchev–Trinajstić information content (AvgIpc) is 2.70. The fraction of sp³-hybridized carbons (Fsp3) is 0.571. The van der Waals surface area contributed by atoms with Crippen LogP contribution in [0.25, 0.3) is 0 Å². The second-order valence-corrected chi connectivity index (χ2v) is 5.88. The molecule has 1 N–H and O–H groups in total. The first kappa shape index (κ1) is 13.2. The van der Waals surface area contributed by atoms with Crippen molar-refractivity contribution in [1.29, 1.82) is 0 Å². The average molecular weight is 272 g/mol. The third kappa shape index (κ3) is 3.61. The molecule has 1 saturated carbocycles. The molecule has 1 nitrogen and oxygen atoms in total. The zero-order valence-corrected chi connectivity index (χ0v) is 11.7. The van der Waals surface area contributed by atoms with Gasteiger partial charge in [0.15, 0.2) is 0 Å². The quantitative estimate of drug-likeness (QED) is 0.849. The van der Waals surface area contributed by atoms with E-state index in [1.54, 1.807) is 0 Å². The zero-order chi connectivity index (χ0) is 12.3. The van der Waals surface area contributed by atoms with Gasteiger partial charge >= 0.3 is 0 Å². The minimum absolute atomic E-state index is 0.750. The summed E-state index contributed by atoms with van der Waals surface area (Å²) < 4.78 is 0. The molecule has 0 aromatic heterocycles. The van der Waals surface area contributed by atoms with Gasteiger partial charge in [0.05, 0.1) is 0 Å². The van der Waals surface area contributed by atoms with Crippen molar-refractivity contribution in [3.63, 3.8) is 0 Å². The van der Waals surface area contributed by atoms with Crippen LogP contribution < -0.4 is 5.32 Å². The highest BCUT2D eigenvalue weighted by atomic mass is 35.5. The van der Waals surface area contributed by atoms with Crippen LogP contribution in [-0.2, 0) is 6.54 Å². The first-order chi connectivity index (χ1) is 8.16. The molecule has 0 amide bonds. The molecule has 1 aromatic rings. The lowest BCUT2D eigenvalue weighted by Gasteiger charge is -2.16. The highest BCUT2D eigenvalue weighted by Crippen LogP contribution is 2.30. The van der Waals surface area contributed by atoms with Crippen LogP contribution in [0.2, 0.25) is 10.0 Å². The van der Waals surface area contributed by atoms with E-state index in [1.165, 1.54) is 19.3 Å². The molecule has 0 heterocycles. The Morgan fingerprint density at radius 2 is 2.12 bits per heavy atom. The SMILES string of the molecule is CC1CCCC1CNCc1cc(Cl)ccc1Cl. The summed E-state index contributed by atoms with van der Waals surface area (Å²) in [5, 5.41) is 5.04. The summed E-state index contributed by atoms with van der Waals surface area (Å²) in [6.45, 7) is 4.25. The first-order valence-corrected chi connectivity index (χ1v) is 7.07. The van der Waals surface area contributed by atoms with E-state index in [0.29, 0.717) is 0 Å². The maximum absolute atomic E-state index is 6.12. The smallest absolute Gasteiger partial charge is 0.0451 e. The summed E-state index contributed by atoms with van der Waals surface area (Å²) in [6.07, 6.45) is 4.12. The lowest BCUT2D eigenvalue weighted by molar-refractivity contribution is 0.392. The largest absolute Gasteiger partial charge is 0.312 e. The fourth-order valence-electron chi connectivity index (χ4n) is 2.60. The van der Waals surface area contributed by atoms with Gasteiger partial charge in [-0.2, -0.15) is 0 Å². The maximum atomic E-state index is 6.12. The Hall–Kier alpha value is -0.240. The molecule has 1 aliphatic rings. The molecular weight excluding hydrogens is 253 g/mol. The third-order valence-corrected chi connectivity index (χ3v) is 4.37. The van der Waals surface area contributed by atoms with Crippen molar-refractivity contribution >= 4 is 23.2 Å². The topological polar surface area (TPSA) is 12.0 Å². The Bertz CT molecular complexity index is 378. The lowest BCUT2D eigenvalue weighted by Crippen LogP contribution is -2.24. The molecule has 2 atom stereocenters. The standard InChI is InChI=1S/C14H19Cl2N/c1-10-3-2-4-11(10)8-17-9-12-7-13(15)5-6-14(12)16/h5-7,10-11,17H,2-4,8-9H2,1H3. The van der Waals surface area contributed by atoms with E-state index in [4.69, 9.17) is 23.2 Å². The minimum atomic E-state index is 0.750. The molecule has 1 fully saturated rings. The van der Waals surface area contributed by atoms with Gasteiger partial charge in [-0.15, -0.1) is 0 Å². The Morgan fingerprint density at radius 3 is 2.82 bits per heavy atom. The summed E-state index contributed by atoms with van der Waals surface area (Å²) in [5.74, 6) is 1.69. The van der Waals surface area contributed by atoms with Crippen LogP contribution >= 0.6 is 23.2 Å². The molecule has 0 aliphatic heterocycles. The van der Waals surface area contributed by atoms with Crippen molar-refractivity contribution in [2.45, 2.75) is 32.7 Å². The van der Waals surface area contributed by atoms with Crippen LogP contribution in [0.3, 0.4) is 0 Å². The van der Waals surface area contributed by atoms with Crippen molar-refractivity contribution in [3.05, 3.63) is 33.8 Å². The fourth-order valence-corrected chi connectivity index (χ4v) is 2.98. The molecule has 3 heteroatoms. The Balaban J connectivity index is 1.83. The van der Waals surface area contributed by atoms with Crippen LogP contribution in [0.5, 0.6) is 0 Å². The highest BCUT2D eigenvalue weighted by molar-refractivity contribution is 6.33. The van der Waals surface area contributed by atoms with Gasteiger partial charge in [0.1, 0.15) is 0 Å². The van der Waals surface area contributed by atoms with Crippen molar-refractivity contribution in [1.82, 2.24) is 5.32 Å². The second kappa shape index (κ2) is 6.08. The van der Waals surface area contributed by atoms with Crippen LogP contribution in [0.4, 0.5) is 0 Å². The highest BCUT2D eigenvalue weighted by Gasteiger charge is 2.22.